The fraction of sp³-hybridized carbons (Fsp3) is 0.667. The Morgan fingerprint density at radius 3 is 2.26 bits per heavy atom. The van der Waals surface area contributed by atoms with E-state index in [-0.39, 0.29) is 12.2 Å². The summed E-state index contributed by atoms with van der Waals surface area (Å²) >= 11 is 0. The molecule has 2 aliphatic rings. The third kappa shape index (κ3) is 3.65. The summed E-state index contributed by atoms with van der Waals surface area (Å²) in [6.45, 7) is 6.96. The van der Waals surface area contributed by atoms with Gasteiger partial charge in [-0.05, 0) is 26.0 Å². The van der Waals surface area contributed by atoms with Crippen molar-refractivity contribution in [3.05, 3.63) is 24.4 Å². The second-order valence-corrected chi connectivity index (χ2v) is 8.08. The maximum Gasteiger partial charge on any atom is 0.282 e. The van der Waals surface area contributed by atoms with Crippen molar-refractivity contribution in [1.82, 2.24) is 13.6 Å². The molecule has 3 heterocycles. The molecule has 0 radical (unpaired) electrons. The van der Waals surface area contributed by atoms with Gasteiger partial charge in [-0.25, -0.2) is 4.98 Å². The molecule has 2 fully saturated rings. The number of aromatic nitrogens is 1. The number of piperazine rings is 1. The standard InChI is InChI=1S/C15H24N4O3S/c1-13-11-19(12-14(2)22-13)23(20,21)18-9-7-17(8-10-18)15-5-3-4-6-16-15/h3-6,13-14H,7-12H2,1-2H3/t13-,14-/m0/s1. The van der Waals surface area contributed by atoms with E-state index in [4.69, 9.17) is 4.74 Å². The lowest BCUT2D eigenvalue weighted by Crippen LogP contribution is -2.57. The zero-order chi connectivity index (χ0) is 16.4. The smallest absolute Gasteiger partial charge is 0.282 e. The summed E-state index contributed by atoms with van der Waals surface area (Å²) in [4.78, 5) is 6.45. The molecule has 1 aromatic rings. The van der Waals surface area contributed by atoms with Crippen molar-refractivity contribution >= 4 is 16.0 Å². The molecule has 0 spiro atoms. The van der Waals surface area contributed by atoms with Crippen molar-refractivity contribution in [2.75, 3.05) is 44.2 Å². The number of hydrogen-bond acceptors (Lipinski definition) is 5. The number of ether oxygens (including phenoxy) is 1. The Morgan fingerprint density at radius 2 is 1.70 bits per heavy atom. The molecular formula is C15H24N4O3S. The van der Waals surface area contributed by atoms with Gasteiger partial charge in [0.05, 0.1) is 12.2 Å². The van der Waals surface area contributed by atoms with Gasteiger partial charge in [-0.3, -0.25) is 0 Å². The van der Waals surface area contributed by atoms with Gasteiger partial charge in [0.2, 0.25) is 0 Å². The molecule has 2 saturated heterocycles. The third-order valence-electron chi connectivity index (χ3n) is 4.25. The highest BCUT2D eigenvalue weighted by molar-refractivity contribution is 7.86. The maximum absolute atomic E-state index is 12.8. The quantitative estimate of drug-likeness (QED) is 0.804. The van der Waals surface area contributed by atoms with Gasteiger partial charge in [0, 0.05) is 45.5 Å². The van der Waals surface area contributed by atoms with Crippen molar-refractivity contribution in [1.29, 1.82) is 0 Å². The van der Waals surface area contributed by atoms with Gasteiger partial charge in [0.15, 0.2) is 0 Å². The van der Waals surface area contributed by atoms with Crippen LogP contribution in [0.3, 0.4) is 0 Å². The molecule has 1 aromatic heterocycles. The summed E-state index contributed by atoms with van der Waals surface area (Å²) in [6, 6.07) is 5.78. The maximum atomic E-state index is 12.8. The van der Waals surface area contributed by atoms with Crippen molar-refractivity contribution < 1.29 is 13.2 Å². The van der Waals surface area contributed by atoms with E-state index in [0.717, 1.165) is 5.82 Å². The van der Waals surface area contributed by atoms with Gasteiger partial charge >= 0.3 is 0 Å². The normalized spacial score (nSPS) is 28.0. The minimum absolute atomic E-state index is 0.0664. The molecular weight excluding hydrogens is 316 g/mol. The van der Waals surface area contributed by atoms with E-state index in [0.29, 0.717) is 39.3 Å². The summed E-state index contributed by atoms with van der Waals surface area (Å²) in [5.41, 5.74) is 0. The Labute approximate surface area is 138 Å². The zero-order valence-corrected chi connectivity index (χ0v) is 14.4. The molecule has 8 heteroatoms. The lowest BCUT2D eigenvalue weighted by atomic mass is 10.3. The largest absolute Gasteiger partial charge is 0.373 e. The van der Waals surface area contributed by atoms with Gasteiger partial charge in [-0.2, -0.15) is 17.0 Å². The molecule has 0 amide bonds. The Morgan fingerprint density at radius 1 is 1.04 bits per heavy atom. The predicted octanol–water partition coefficient (Wildman–Crippen LogP) is 0.558. The van der Waals surface area contributed by atoms with E-state index in [2.05, 4.69) is 9.88 Å². The SMILES string of the molecule is C[C@H]1CN(S(=O)(=O)N2CCN(c3ccccn3)CC2)C[C@H](C)O1. The van der Waals surface area contributed by atoms with E-state index in [1.807, 2.05) is 32.0 Å². The first-order valence-electron chi connectivity index (χ1n) is 8.03. The number of anilines is 1. The summed E-state index contributed by atoms with van der Waals surface area (Å²) < 4.78 is 34.4. The van der Waals surface area contributed by atoms with Gasteiger partial charge in [0.25, 0.3) is 10.2 Å². The monoisotopic (exact) mass is 340 g/mol. The summed E-state index contributed by atoms with van der Waals surface area (Å²) in [6.07, 6.45) is 1.63. The highest BCUT2D eigenvalue weighted by atomic mass is 32.2. The molecule has 0 saturated carbocycles. The van der Waals surface area contributed by atoms with Gasteiger partial charge in [-0.1, -0.05) is 6.07 Å². The van der Waals surface area contributed by atoms with Gasteiger partial charge < -0.3 is 9.64 Å². The fourth-order valence-electron chi connectivity index (χ4n) is 3.17. The average Bonchev–Trinajstić information content (AvgIpc) is 2.55. The molecule has 0 aromatic carbocycles. The first kappa shape index (κ1) is 16.6. The highest BCUT2D eigenvalue weighted by Gasteiger charge is 2.36. The van der Waals surface area contributed by atoms with E-state index in [9.17, 15) is 8.42 Å². The van der Waals surface area contributed by atoms with Gasteiger partial charge in [-0.15, -0.1) is 0 Å². The molecule has 0 unspecified atom stereocenters. The molecule has 0 aliphatic carbocycles. The van der Waals surface area contributed by atoms with Crippen molar-refractivity contribution in [2.24, 2.45) is 0 Å². The zero-order valence-electron chi connectivity index (χ0n) is 13.6. The Kier molecular flexibility index (Phi) is 4.86. The Hall–Kier alpha value is -1.22. The topological polar surface area (TPSA) is 66.0 Å². The van der Waals surface area contributed by atoms with Crippen LogP contribution in [0, 0.1) is 0 Å². The second-order valence-electron chi connectivity index (χ2n) is 6.16. The predicted molar refractivity (Wildman–Crippen MR) is 88.5 cm³/mol. The van der Waals surface area contributed by atoms with Crippen LogP contribution in [0.15, 0.2) is 24.4 Å². The first-order chi connectivity index (χ1) is 11.0. The molecule has 0 bridgehead atoms. The van der Waals surface area contributed by atoms with E-state index < -0.39 is 10.2 Å². The molecule has 7 nitrogen and oxygen atoms in total. The number of morpholine rings is 1. The number of pyridine rings is 1. The number of rotatable bonds is 3. The molecule has 0 N–H and O–H groups in total. The van der Waals surface area contributed by atoms with E-state index in [1.54, 1.807) is 14.8 Å². The third-order valence-corrected chi connectivity index (χ3v) is 6.22. The van der Waals surface area contributed by atoms with E-state index in [1.165, 1.54) is 0 Å². The molecule has 3 rings (SSSR count). The van der Waals surface area contributed by atoms with Crippen LogP contribution in [0.4, 0.5) is 5.82 Å². The summed E-state index contributed by atoms with van der Waals surface area (Å²) in [7, 11) is -3.42. The van der Waals surface area contributed by atoms with Crippen LogP contribution >= 0.6 is 0 Å². The fourth-order valence-corrected chi connectivity index (χ4v) is 4.92. The minimum Gasteiger partial charge on any atom is -0.373 e. The average molecular weight is 340 g/mol. The lowest BCUT2D eigenvalue weighted by Gasteiger charge is -2.40. The van der Waals surface area contributed by atoms with Crippen LogP contribution in [0.1, 0.15) is 13.8 Å². The van der Waals surface area contributed by atoms with Crippen LogP contribution < -0.4 is 4.90 Å². The van der Waals surface area contributed by atoms with Crippen molar-refractivity contribution in [2.45, 2.75) is 26.1 Å². The molecule has 128 valence electrons. The van der Waals surface area contributed by atoms with Crippen LogP contribution in [0.5, 0.6) is 0 Å². The van der Waals surface area contributed by atoms with E-state index >= 15 is 0 Å². The highest BCUT2D eigenvalue weighted by Crippen LogP contribution is 2.20. The molecule has 2 atom stereocenters. The number of hydrogen-bond donors (Lipinski definition) is 0. The summed E-state index contributed by atoms with van der Waals surface area (Å²) in [5.74, 6) is 0.901. The van der Waals surface area contributed by atoms with Crippen LogP contribution in [-0.2, 0) is 14.9 Å². The lowest BCUT2D eigenvalue weighted by molar-refractivity contribution is -0.0455. The van der Waals surface area contributed by atoms with Crippen molar-refractivity contribution in [3.8, 4) is 0 Å². The Balaban J connectivity index is 1.64. The van der Waals surface area contributed by atoms with Crippen molar-refractivity contribution in [3.63, 3.8) is 0 Å². The van der Waals surface area contributed by atoms with Crippen LogP contribution in [-0.4, -0.2) is 73.5 Å². The molecule has 23 heavy (non-hydrogen) atoms. The molecule has 2 aliphatic heterocycles. The first-order valence-corrected chi connectivity index (χ1v) is 9.43. The Bertz CT molecular complexity index is 607. The summed E-state index contributed by atoms with van der Waals surface area (Å²) in [5, 5.41) is 0. The van der Waals surface area contributed by atoms with Gasteiger partial charge in [0.1, 0.15) is 5.82 Å². The minimum atomic E-state index is -3.42. The number of nitrogens with zero attached hydrogens (tertiary/aromatic N) is 4. The van der Waals surface area contributed by atoms with Crippen LogP contribution in [0.2, 0.25) is 0 Å². The van der Waals surface area contributed by atoms with Crippen LogP contribution in [0.25, 0.3) is 0 Å². The second kappa shape index (κ2) is 6.72.